The number of carbonyl (C=O) groups excluding carboxylic acids is 1. The molecule has 1 amide bonds. The van der Waals surface area contributed by atoms with Gasteiger partial charge in [0, 0.05) is 29.6 Å². The number of hydrogen-bond acceptors (Lipinski definition) is 3. The standard InChI is InChI=1S/C20H21N3O/c1-22-11-8-16(9-12-22)23-19-7-3-2-6-17(19)18(20(23)24)13-15-5-4-10-21-14-15/h2-7,10,13-14,16H,8-9,11-12H2,1H3. The van der Waals surface area contributed by atoms with Crippen molar-refractivity contribution >= 4 is 23.2 Å². The van der Waals surface area contributed by atoms with Gasteiger partial charge >= 0.3 is 0 Å². The zero-order valence-corrected chi connectivity index (χ0v) is 13.9. The van der Waals surface area contributed by atoms with E-state index in [2.05, 4.69) is 23.0 Å². The Morgan fingerprint density at radius 2 is 1.92 bits per heavy atom. The molecule has 0 atom stereocenters. The summed E-state index contributed by atoms with van der Waals surface area (Å²) in [4.78, 5) is 21.7. The zero-order valence-electron chi connectivity index (χ0n) is 13.9. The van der Waals surface area contributed by atoms with Gasteiger partial charge in [0.25, 0.3) is 5.91 Å². The highest BCUT2D eigenvalue weighted by Crippen LogP contribution is 2.40. The summed E-state index contributed by atoms with van der Waals surface area (Å²) in [6, 6.07) is 12.3. The fourth-order valence-corrected chi connectivity index (χ4v) is 3.65. The minimum Gasteiger partial charge on any atom is -0.306 e. The average Bonchev–Trinajstić information content (AvgIpc) is 2.89. The quantitative estimate of drug-likeness (QED) is 0.798. The monoisotopic (exact) mass is 319 g/mol. The molecule has 0 aliphatic carbocycles. The molecule has 0 N–H and O–H groups in total. The van der Waals surface area contributed by atoms with E-state index in [4.69, 9.17) is 0 Å². The number of fused-ring (bicyclic) bond motifs is 1. The van der Waals surface area contributed by atoms with Crippen molar-refractivity contribution in [3.8, 4) is 0 Å². The number of amides is 1. The Bertz CT molecular complexity index is 776. The molecule has 1 fully saturated rings. The first-order valence-electron chi connectivity index (χ1n) is 8.47. The van der Waals surface area contributed by atoms with Crippen molar-refractivity contribution in [2.45, 2.75) is 18.9 Å². The molecule has 1 aromatic heterocycles. The molecule has 2 aliphatic heterocycles. The van der Waals surface area contributed by atoms with Crippen LogP contribution in [0.15, 0.2) is 48.8 Å². The summed E-state index contributed by atoms with van der Waals surface area (Å²) in [6.07, 6.45) is 7.55. The van der Waals surface area contributed by atoms with Crippen LogP contribution in [-0.4, -0.2) is 42.0 Å². The molecular weight excluding hydrogens is 298 g/mol. The number of pyridine rings is 1. The Hall–Kier alpha value is -2.46. The van der Waals surface area contributed by atoms with Gasteiger partial charge in [0.2, 0.25) is 0 Å². The van der Waals surface area contributed by atoms with Crippen LogP contribution >= 0.6 is 0 Å². The summed E-state index contributed by atoms with van der Waals surface area (Å²) in [6.45, 7) is 2.08. The first-order chi connectivity index (χ1) is 11.7. The van der Waals surface area contributed by atoms with Gasteiger partial charge in [-0.1, -0.05) is 24.3 Å². The molecule has 0 radical (unpaired) electrons. The molecule has 0 spiro atoms. The molecule has 2 aromatic rings. The van der Waals surface area contributed by atoms with E-state index < -0.39 is 0 Å². The van der Waals surface area contributed by atoms with Gasteiger partial charge in [-0.05, 0) is 56.8 Å². The molecule has 4 heteroatoms. The Labute approximate surface area is 142 Å². The van der Waals surface area contributed by atoms with Crippen LogP contribution in [0, 0.1) is 0 Å². The lowest BCUT2D eigenvalue weighted by Crippen LogP contribution is -2.45. The summed E-state index contributed by atoms with van der Waals surface area (Å²) < 4.78 is 0. The second-order valence-electron chi connectivity index (χ2n) is 6.57. The Morgan fingerprint density at radius 1 is 1.12 bits per heavy atom. The number of aromatic nitrogens is 1. The number of benzene rings is 1. The van der Waals surface area contributed by atoms with Crippen LogP contribution < -0.4 is 4.90 Å². The predicted octanol–water partition coefficient (Wildman–Crippen LogP) is 3.06. The Balaban J connectivity index is 1.73. The number of rotatable bonds is 2. The van der Waals surface area contributed by atoms with E-state index in [0.29, 0.717) is 0 Å². The number of nitrogens with zero attached hydrogens (tertiary/aromatic N) is 3. The first kappa shape index (κ1) is 15.1. The SMILES string of the molecule is CN1CCC(N2C(=O)C(=Cc3cccnc3)c3ccccc32)CC1. The molecule has 2 aliphatic rings. The van der Waals surface area contributed by atoms with E-state index in [-0.39, 0.29) is 11.9 Å². The molecule has 3 heterocycles. The topological polar surface area (TPSA) is 36.4 Å². The summed E-state index contributed by atoms with van der Waals surface area (Å²) in [5.41, 5.74) is 3.82. The number of anilines is 1. The molecule has 0 unspecified atom stereocenters. The minimum atomic E-state index is 0.120. The average molecular weight is 319 g/mol. The van der Waals surface area contributed by atoms with Gasteiger partial charge < -0.3 is 9.80 Å². The van der Waals surface area contributed by atoms with Crippen molar-refractivity contribution < 1.29 is 4.79 Å². The molecule has 122 valence electrons. The van der Waals surface area contributed by atoms with E-state index in [1.807, 2.05) is 41.3 Å². The molecule has 1 saturated heterocycles. The second kappa shape index (κ2) is 6.21. The van der Waals surface area contributed by atoms with Crippen LogP contribution in [0.3, 0.4) is 0 Å². The van der Waals surface area contributed by atoms with Crippen molar-refractivity contribution in [2.75, 3.05) is 25.0 Å². The van der Waals surface area contributed by atoms with Crippen molar-refractivity contribution in [2.24, 2.45) is 0 Å². The van der Waals surface area contributed by atoms with Gasteiger partial charge in [0.05, 0.1) is 5.69 Å². The maximum atomic E-state index is 13.2. The van der Waals surface area contributed by atoms with Gasteiger partial charge in [0.1, 0.15) is 0 Å². The summed E-state index contributed by atoms with van der Waals surface area (Å²) in [7, 11) is 2.14. The Morgan fingerprint density at radius 3 is 2.67 bits per heavy atom. The lowest BCUT2D eigenvalue weighted by atomic mass is 10.0. The molecule has 4 rings (SSSR count). The smallest absolute Gasteiger partial charge is 0.259 e. The third-order valence-corrected chi connectivity index (χ3v) is 4.95. The van der Waals surface area contributed by atoms with Crippen LogP contribution in [0.1, 0.15) is 24.0 Å². The van der Waals surface area contributed by atoms with Crippen molar-refractivity contribution in [1.29, 1.82) is 0 Å². The van der Waals surface area contributed by atoms with E-state index in [0.717, 1.165) is 48.3 Å². The minimum absolute atomic E-state index is 0.120. The van der Waals surface area contributed by atoms with E-state index in [1.54, 1.807) is 12.4 Å². The van der Waals surface area contributed by atoms with Crippen LogP contribution in [0.4, 0.5) is 5.69 Å². The highest BCUT2D eigenvalue weighted by atomic mass is 16.2. The maximum absolute atomic E-state index is 13.2. The molecule has 4 nitrogen and oxygen atoms in total. The van der Waals surface area contributed by atoms with Gasteiger partial charge in [0.15, 0.2) is 0 Å². The normalized spacial score (nSPS) is 20.6. The van der Waals surface area contributed by atoms with Gasteiger partial charge in [-0.3, -0.25) is 9.78 Å². The number of piperidine rings is 1. The van der Waals surface area contributed by atoms with Crippen molar-refractivity contribution in [1.82, 2.24) is 9.88 Å². The highest BCUT2D eigenvalue weighted by Gasteiger charge is 2.37. The number of carbonyl (C=O) groups is 1. The lowest BCUT2D eigenvalue weighted by Gasteiger charge is -2.35. The highest BCUT2D eigenvalue weighted by molar-refractivity contribution is 6.36. The lowest BCUT2D eigenvalue weighted by molar-refractivity contribution is -0.113. The Kier molecular flexibility index (Phi) is 3.90. The van der Waals surface area contributed by atoms with Crippen molar-refractivity contribution in [3.05, 3.63) is 59.9 Å². The molecule has 0 bridgehead atoms. The second-order valence-corrected chi connectivity index (χ2v) is 6.57. The van der Waals surface area contributed by atoms with Crippen LogP contribution in [0.5, 0.6) is 0 Å². The molecular formula is C20H21N3O. The van der Waals surface area contributed by atoms with Crippen molar-refractivity contribution in [3.63, 3.8) is 0 Å². The van der Waals surface area contributed by atoms with E-state index in [1.165, 1.54) is 0 Å². The van der Waals surface area contributed by atoms with Crippen LogP contribution in [0.25, 0.3) is 11.6 Å². The number of hydrogen-bond donors (Lipinski definition) is 0. The van der Waals surface area contributed by atoms with Crippen LogP contribution in [-0.2, 0) is 4.79 Å². The van der Waals surface area contributed by atoms with Gasteiger partial charge in [-0.15, -0.1) is 0 Å². The predicted molar refractivity (Wildman–Crippen MR) is 96.6 cm³/mol. The third kappa shape index (κ3) is 2.63. The molecule has 0 saturated carbocycles. The van der Waals surface area contributed by atoms with E-state index in [9.17, 15) is 4.79 Å². The summed E-state index contributed by atoms with van der Waals surface area (Å²) in [5.74, 6) is 0.120. The third-order valence-electron chi connectivity index (χ3n) is 4.95. The van der Waals surface area contributed by atoms with E-state index >= 15 is 0 Å². The number of likely N-dealkylation sites (tertiary alicyclic amines) is 1. The first-order valence-corrected chi connectivity index (χ1v) is 8.47. The van der Waals surface area contributed by atoms with Gasteiger partial charge in [-0.25, -0.2) is 0 Å². The maximum Gasteiger partial charge on any atom is 0.259 e. The molecule has 1 aromatic carbocycles. The largest absolute Gasteiger partial charge is 0.306 e. The fourth-order valence-electron chi connectivity index (χ4n) is 3.65. The summed E-state index contributed by atoms with van der Waals surface area (Å²) >= 11 is 0. The van der Waals surface area contributed by atoms with Crippen LogP contribution in [0.2, 0.25) is 0 Å². The fraction of sp³-hybridized carbons (Fsp3) is 0.300. The summed E-state index contributed by atoms with van der Waals surface area (Å²) in [5, 5.41) is 0. The number of para-hydroxylation sites is 1. The van der Waals surface area contributed by atoms with Gasteiger partial charge in [-0.2, -0.15) is 0 Å². The zero-order chi connectivity index (χ0) is 16.5. The molecule has 24 heavy (non-hydrogen) atoms.